The Hall–Kier alpha value is -3.70. The van der Waals surface area contributed by atoms with Crippen LogP contribution >= 0.6 is 0 Å². The van der Waals surface area contributed by atoms with Crippen LogP contribution in [0.5, 0.6) is 0 Å². The van der Waals surface area contributed by atoms with Crippen LogP contribution in [0.1, 0.15) is 43.2 Å². The van der Waals surface area contributed by atoms with Gasteiger partial charge in [-0.2, -0.15) is 0 Å². The first-order chi connectivity index (χ1) is 17.5. The van der Waals surface area contributed by atoms with Crippen LogP contribution in [-0.2, 0) is 20.7 Å². The maximum Gasteiger partial charge on any atom is 0.310 e. The number of esters is 1. The van der Waals surface area contributed by atoms with E-state index in [9.17, 15) is 14.7 Å². The lowest BCUT2D eigenvalue weighted by Gasteiger charge is -2.31. The fourth-order valence-electron chi connectivity index (χ4n) is 4.56. The fourth-order valence-corrected chi connectivity index (χ4v) is 4.56. The molecule has 0 aliphatic heterocycles. The summed E-state index contributed by atoms with van der Waals surface area (Å²) in [5.41, 5.74) is 3.89. The normalized spacial score (nSPS) is 12.6. The summed E-state index contributed by atoms with van der Waals surface area (Å²) in [5.74, 6) is -2.00. The summed E-state index contributed by atoms with van der Waals surface area (Å²) in [6, 6.07) is 27.7. The van der Waals surface area contributed by atoms with E-state index in [2.05, 4.69) is 23.6 Å². The molecule has 0 saturated carbocycles. The van der Waals surface area contributed by atoms with Crippen molar-refractivity contribution in [3.05, 3.63) is 109 Å². The van der Waals surface area contributed by atoms with E-state index in [0.29, 0.717) is 25.9 Å². The molecule has 0 fully saturated rings. The summed E-state index contributed by atoms with van der Waals surface area (Å²) in [6.45, 7) is 6.51. The maximum atomic E-state index is 12.4. The SMILES string of the molecule is C=CCN(CCCc1ccccc1)C(CCC(C(=O)O)c1ccccc1-c1ccccc1)OC(C)=O. The van der Waals surface area contributed by atoms with Gasteiger partial charge >= 0.3 is 11.9 Å². The third-order valence-electron chi connectivity index (χ3n) is 6.25. The Morgan fingerprint density at radius 2 is 1.58 bits per heavy atom. The van der Waals surface area contributed by atoms with E-state index in [0.717, 1.165) is 29.5 Å². The Morgan fingerprint density at radius 3 is 2.22 bits per heavy atom. The van der Waals surface area contributed by atoms with Gasteiger partial charge in [-0.1, -0.05) is 91.0 Å². The summed E-state index contributed by atoms with van der Waals surface area (Å²) >= 11 is 0. The maximum absolute atomic E-state index is 12.4. The molecule has 0 saturated heterocycles. The van der Waals surface area contributed by atoms with E-state index >= 15 is 0 Å². The Bertz CT molecular complexity index is 1110. The predicted octanol–water partition coefficient (Wildman–Crippen LogP) is 6.31. The smallest absolute Gasteiger partial charge is 0.310 e. The number of ether oxygens (including phenoxy) is 1. The van der Waals surface area contributed by atoms with Crippen molar-refractivity contribution in [1.82, 2.24) is 4.90 Å². The molecule has 36 heavy (non-hydrogen) atoms. The molecule has 1 N–H and O–H groups in total. The molecule has 5 nitrogen and oxygen atoms in total. The van der Waals surface area contributed by atoms with E-state index in [1.165, 1.54) is 12.5 Å². The highest BCUT2D eigenvalue weighted by Gasteiger charge is 2.27. The minimum Gasteiger partial charge on any atom is -0.481 e. The van der Waals surface area contributed by atoms with Crippen molar-refractivity contribution in [2.45, 2.75) is 44.8 Å². The first kappa shape index (κ1) is 26.9. The second-order valence-electron chi connectivity index (χ2n) is 8.86. The quantitative estimate of drug-likeness (QED) is 0.165. The second-order valence-corrected chi connectivity index (χ2v) is 8.86. The Labute approximate surface area is 214 Å². The first-order valence-electron chi connectivity index (χ1n) is 12.4. The molecule has 2 unspecified atom stereocenters. The summed E-state index contributed by atoms with van der Waals surface area (Å²) in [7, 11) is 0. The summed E-state index contributed by atoms with van der Waals surface area (Å²) in [6.07, 6.45) is 3.79. The molecular formula is C31H35NO4. The topological polar surface area (TPSA) is 66.8 Å². The molecule has 0 amide bonds. The van der Waals surface area contributed by atoms with E-state index in [4.69, 9.17) is 4.74 Å². The molecule has 0 spiro atoms. The average molecular weight is 486 g/mol. The summed E-state index contributed by atoms with van der Waals surface area (Å²) < 4.78 is 5.70. The van der Waals surface area contributed by atoms with Crippen molar-refractivity contribution in [2.24, 2.45) is 0 Å². The lowest BCUT2D eigenvalue weighted by molar-refractivity contribution is -0.157. The fraction of sp³-hybridized carbons (Fsp3) is 0.290. The zero-order chi connectivity index (χ0) is 25.8. The summed E-state index contributed by atoms with van der Waals surface area (Å²) in [5, 5.41) is 10.2. The largest absolute Gasteiger partial charge is 0.481 e. The molecule has 0 aromatic heterocycles. The molecule has 5 heteroatoms. The number of aliphatic carboxylic acids is 1. The van der Waals surface area contributed by atoms with Gasteiger partial charge < -0.3 is 9.84 Å². The Morgan fingerprint density at radius 1 is 0.944 bits per heavy atom. The van der Waals surface area contributed by atoms with Gasteiger partial charge in [0.05, 0.1) is 5.92 Å². The highest BCUT2D eigenvalue weighted by atomic mass is 16.6. The monoisotopic (exact) mass is 485 g/mol. The molecule has 3 aromatic rings. The van der Waals surface area contributed by atoms with Gasteiger partial charge in [0, 0.05) is 20.0 Å². The molecule has 0 radical (unpaired) electrons. The highest BCUT2D eigenvalue weighted by molar-refractivity contribution is 5.81. The minimum absolute atomic E-state index is 0.337. The average Bonchev–Trinajstić information content (AvgIpc) is 2.89. The van der Waals surface area contributed by atoms with E-state index < -0.39 is 18.1 Å². The lowest BCUT2D eigenvalue weighted by Crippen LogP contribution is -2.40. The van der Waals surface area contributed by atoms with Crippen molar-refractivity contribution in [3.63, 3.8) is 0 Å². The van der Waals surface area contributed by atoms with Gasteiger partial charge in [-0.15, -0.1) is 6.58 Å². The van der Waals surface area contributed by atoms with Crippen LogP contribution in [0.2, 0.25) is 0 Å². The molecular weight excluding hydrogens is 450 g/mol. The van der Waals surface area contributed by atoms with Gasteiger partial charge in [-0.05, 0) is 47.9 Å². The van der Waals surface area contributed by atoms with Gasteiger partial charge in [-0.25, -0.2) is 0 Å². The number of benzene rings is 3. The third kappa shape index (κ3) is 7.92. The van der Waals surface area contributed by atoms with Crippen molar-refractivity contribution in [1.29, 1.82) is 0 Å². The number of carboxylic acid groups (broad SMARTS) is 1. The van der Waals surface area contributed by atoms with Crippen LogP contribution < -0.4 is 0 Å². The number of aryl methyl sites for hydroxylation is 1. The third-order valence-corrected chi connectivity index (χ3v) is 6.25. The molecule has 2 atom stereocenters. The van der Waals surface area contributed by atoms with Crippen molar-refractivity contribution >= 4 is 11.9 Å². The van der Waals surface area contributed by atoms with Crippen LogP contribution in [0, 0.1) is 0 Å². The summed E-state index contributed by atoms with van der Waals surface area (Å²) in [4.78, 5) is 26.4. The highest BCUT2D eigenvalue weighted by Crippen LogP contribution is 2.33. The molecule has 0 aliphatic rings. The van der Waals surface area contributed by atoms with Gasteiger partial charge in [0.15, 0.2) is 6.23 Å². The Kier molecular flexibility index (Phi) is 10.5. The van der Waals surface area contributed by atoms with Crippen LogP contribution in [-0.4, -0.2) is 41.3 Å². The zero-order valence-corrected chi connectivity index (χ0v) is 20.9. The van der Waals surface area contributed by atoms with Crippen LogP contribution in [0.3, 0.4) is 0 Å². The van der Waals surface area contributed by atoms with E-state index in [1.807, 2.05) is 72.8 Å². The van der Waals surface area contributed by atoms with Crippen LogP contribution in [0.25, 0.3) is 11.1 Å². The number of rotatable bonds is 14. The van der Waals surface area contributed by atoms with Crippen LogP contribution in [0.15, 0.2) is 97.6 Å². The van der Waals surface area contributed by atoms with E-state index in [-0.39, 0.29) is 5.97 Å². The molecule has 0 bridgehead atoms. The van der Waals surface area contributed by atoms with Crippen LogP contribution in [0.4, 0.5) is 0 Å². The Balaban J connectivity index is 1.77. The predicted molar refractivity (Wildman–Crippen MR) is 144 cm³/mol. The van der Waals surface area contributed by atoms with Gasteiger partial charge in [0.1, 0.15) is 0 Å². The van der Waals surface area contributed by atoms with Crippen molar-refractivity contribution in [3.8, 4) is 11.1 Å². The van der Waals surface area contributed by atoms with Crippen molar-refractivity contribution in [2.75, 3.05) is 13.1 Å². The standard InChI is InChI=1S/C31H35NO4/c1-3-22-32(23-12-15-25-13-6-4-7-14-25)30(36-24(2)33)21-20-29(31(34)35)28-19-11-10-18-27(28)26-16-8-5-9-17-26/h3-11,13-14,16-19,29-30H,1,12,15,20-23H2,2H3,(H,34,35). The van der Waals surface area contributed by atoms with E-state index in [1.54, 1.807) is 6.08 Å². The molecule has 0 heterocycles. The number of hydrogen-bond donors (Lipinski definition) is 1. The zero-order valence-electron chi connectivity index (χ0n) is 20.9. The number of nitrogens with zero attached hydrogens (tertiary/aromatic N) is 1. The lowest BCUT2D eigenvalue weighted by atomic mass is 9.87. The number of carbonyl (C=O) groups is 2. The molecule has 188 valence electrons. The van der Waals surface area contributed by atoms with Gasteiger partial charge in [-0.3, -0.25) is 14.5 Å². The number of carboxylic acids is 1. The molecule has 3 rings (SSSR count). The second kappa shape index (κ2) is 14.0. The number of carbonyl (C=O) groups excluding carboxylic acids is 1. The minimum atomic E-state index is -0.890. The number of hydrogen-bond acceptors (Lipinski definition) is 4. The van der Waals surface area contributed by atoms with Gasteiger partial charge in [0.25, 0.3) is 0 Å². The van der Waals surface area contributed by atoms with Crippen molar-refractivity contribution < 1.29 is 19.4 Å². The first-order valence-corrected chi connectivity index (χ1v) is 12.4. The molecule has 0 aliphatic carbocycles. The molecule has 3 aromatic carbocycles. The van der Waals surface area contributed by atoms with Gasteiger partial charge in [0.2, 0.25) is 0 Å².